The summed E-state index contributed by atoms with van der Waals surface area (Å²) in [6.45, 7) is 1.56. The third-order valence-electron chi connectivity index (χ3n) is 1.36. The van der Waals surface area contributed by atoms with Crippen molar-refractivity contribution in [1.29, 1.82) is 0 Å². The van der Waals surface area contributed by atoms with Gasteiger partial charge in [-0.05, 0) is 6.82 Å². The zero-order valence-corrected chi connectivity index (χ0v) is 7.40. The lowest BCUT2D eigenvalue weighted by atomic mass is 9.89. The Morgan fingerprint density at radius 3 is 3.00 bits per heavy atom. The van der Waals surface area contributed by atoms with E-state index in [1.54, 1.807) is 6.82 Å². The van der Waals surface area contributed by atoms with Crippen molar-refractivity contribution < 1.29 is 19.0 Å². The minimum Gasteiger partial charge on any atom is -0.463 e. The van der Waals surface area contributed by atoms with Crippen LogP contribution in [0.15, 0.2) is 16.7 Å². The maximum atomic E-state index is 10.9. The summed E-state index contributed by atoms with van der Waals surface area (Å²) in [5, 5.41) is 11.6. The first kappa shape index (κ1) is 9.66. The Morgan fingerprint density at radius 1 is 1.77 bits per heavy atom. The molecule has 1 heterocycles. The lowest BCUT2D eigenvalue weighted by molar-refractivity contribution is 0.0565. The van der Waals surface area contributed by atoms with Crippen molar-refractivity contribution in [1.82, 2.24) is 0 Å². The Balaban J connectivity index is 2.69. The SMILES string of the molecule is COC(=O)c1cc(NB(C)O)co1. The molecule has 0 aliphatic rings. The van der Waals surface area contributed by atoms with Gasteiger partial charge < -0.3 is 19.4 Å². The first-order chi connectivity index (χ1) is 6.13. The highest BCUT2D eigenvalue weighted by molar-refractivity contribution is 6.52. The fourth-order valence-corrected chi connectivity index (χ4v) is 0.861. The van der Waals surface area contributed by atoms with Crippen LogP contribution < -0.4 is 5.23 Å². The summed E-state index contributed by atoms with van der Waals surface area (Å²) in [5.74, 6) is -0.440. The summed E-state index contributed by atoms with van der Waals surface area (Å²) >= 11 is 0. The molecule has 0 aromatic carbocycles. The summed E-state index contributed by atoms with van der Waals surface area (Å²) in [6, 6.07) is 1.46. The molecule has 0 bridgehead atoms. The average Bonchev–Trinajstić information content (AvgIpc) is 2.50. The Labute approximate surface area is 75.8 Å². The second-order valence-electron chi connectivity index (χ2n) is 2.51. The van der Waals surface area contributed by atoms with E-state index in [4.69, 9.17) is 9.44 Å². The van der Waals surface area contributed by atoms with Gasteiger partial charge in [0, 0.05) is 6.07 Å². The van der Waals surface area contributed by atoms with Crippen molar-refractivity contribution in [2.75, 3.05) is 12.3 Å². The van der Waals surface area contributed by atoms with Crippen LogP contribution in [0.3, 0.4) is 0 Å². The third kappa shape index (κ3) is 2.52. The highest BCUT2D eigenvalue weighted by Gasteiger charge is 2.12. The first-order valence-corrected chi connectivity index (χ1v) is 3.75. The van der Waals surface area contributed by atoms with Crippen LogP contribution in [0.1, 0.15) is 10.6 Å². The smallest absolute Gasteiger partial charge is 0.406 e. The molecule has 13 heavy (non-hydrogen) atoms. The van der Waals surface area contributed by atoms with E-state index in [1.807, 2.05) is 0 Å². The minimum absolute atomic E-state index is 0.102. The van der Waals surface area contributed by atoms with E-state index < -0.39 is 13.0 Å². The number of ether oxygens (including phenoxy) is 1. The molecule has 0 atom stereocenters. The van der Waals surface area contributed by atoms with E-state index in [-0.39, 0.29) is 5.76 Å². The van der Waals surface area contributed by atoms with Crippen LogP contribution in [-0.4, -0.2) is 25.2 Å². The van der Waals surface area contributed by atoms with Gasteiger partial charge in [-0.2, -0.15) is 0 Å². The topological polar surface area (TPSA) is 71.7 Å². The largest absolute Gasteiger partial charge is 0.463 e. The van der Waals surface area contributed by atoms with Gasteiger partial charge in [0.15, 0.2) is 0 Å². The number of rotatable bonds is 3. The van der Waals surface area contributed by atoms with Gasteiger partial charge in [-0.25, -0.2) is 4.79 Å². The van der Waals surface area contributed by atoms with E-state index in [1.165, 1.54) is 19.4 Å². The molecule has 1 rings (SSSR count). The zero-order valence-electron chi connectivity index (χ0n) is 7.40. The van der Waals surface area contributed by atoms with Crippen molar-refractivity contribution in [3.63, 3.8) is 0 Å². The van der Waals surface area contributed by atoms with E-state index in [0.717, 1.165) is 0 Å². The Kier molecular flexibility index (Phi) is 2.97. The van der Waals surface area contributed by atoms with E-state index >= 15 is 0 Å². The standard InChI is InChI=1S/C7H10BNO4/c1-8(11)9-5-3-6(13-4-5)7(10)12-2/h3-4,9,11H,1-2H3. The fourth-order valence-electron chi connectivity index (χ4n) is 0.861. The van der Waals surface area contributed by atoms with Gasteiger partial charge in [0.25, 0.3) is 0 Å². The maximum Gasteiger partial charge on any atom is 0.406 e. The third-order valence-corrected chi connectivity index (χ3v) is 1.36. The van der Waals surface area contributed by atoms with E-state index in [9.17, 15) is 4.79 Å². The van der Waals surface area contributed by atoms with Crippen molar-refractivity contribution in [2.45, 2.75) is 6.82 Å². The minimum atomic E-state index is -0.692. The van der Waals surface area contributed by atoms with E-state index in [0.29, 0.717) is 5.69 Å². The van der Waals surface area contributed by atoms with Crippen LogP contribution in [0.25, 0.3) is 0 Å². The predicted octanol–water partition coefficient (Wildman–Crippen LogP) is 0.588. The highest BCUT2D eigenvalue weighted by Crippen LogP contribution is 2.13. The van der Waals surface area contributed by atoms with Crippen LogP contribution >= 0.6 is 0 Å². The second kappa shape index (κ2) is 4.00. The molecule has 0 spiro atoms. The van der Waals surface area contributed by atoms with Gasteiger partial charge in [0.2, 0.25) is 5.76 Å². The predicted molar refractivity (Wildman–Crippen MR) is 47.5 cm³/mol. The van der Waals surface area contributed by atoms with Gasteiger partial charge in [-0.15, -0.1) is 0 Å². The number of esters is 1. The van der Waals surface area contributed by atoms with Crippen LogP contribution in [-0.2, 0) is 4.74 Å². The monoisotopic (exact) mass is 183 g/mol. The number of hydrogen-bond acceptors (Lipinski definition) is 5. The molecule has 1 aromatic heterocycles. The molecule has 6 heteroatoms. The van der Waals surface area contributed by atoms with Crippen molar-refractivity contribution in [3.05, 3.63) is 18.1 Å². The molecule has 70 valence electrons. The molecular formula is C7H10BNO4. The summed E-state index contributed by atoms with van der Waals surface area (Å²) in [7, 11) is 0.579. The number of hydrogen-bond donors (Lipinski definition) is 2. The average molecular weight is 183 g/mol. The molecule has 2 N–H and O–H groups in total. The number of nitrogens with one attached hydrogen (secondary N) is 1. The van der Waals surface area contributed by atoms with Gasteiger partial charge in [-0.1, -0.05) is 0 Å². The van der Waals surface area contributed by atoms with Crippen LogP contribution in [0.4, 0.5) is 5.69 Å². The Bertz CT molecular complexity index is 296. The highest BCUT2D eigenvalue weighted by atomic mass is 16.5. The summed E-state index contributed by atoms with van der Waals surface area (Å²) in [6.07, 6.45) is 1.33. The first-order valence-electron chi connectivity index (χ1n) is 3.75. The Hall–Kier alpha value is -1.43. The maximum absolute atomic E-state index is 10.9. The molecule has 0 aliphatic carbocycles. The molecule has 5 nitrogen and oxygen atoms in total. The normalized spacial score (nSPS) is 9.46. The van der Waals surface area contributed by atoms with Crippen LogP contribution in [0.5, 0.6) is 0 Å². The molecule has 0 unspecified atom stereocenters. The quantitative estimate of drug-likeness (QED) is 0.529. The lowest BCUT2D eigenvalue weighted by Gasteiger charge is -1.99. The van der Waals surface area contributed by atoms with Crippen LogP contribution in [0.2, 0.25) is 6.82 Å². The molecule has 0 saturated heterocycles. The summed E-state index contributed by atoms with van der Waals surface area (Å²) < 4.78 is 9.30. The molecular weight excluding hydrogens is 173 g/mol. The number of furan rings is 1. The number of anilines is 1. The van der Waals surface area contributed by atoms with Gasteiger partial charge in [-0.3, -0.25) is 0 Å². The summed E-state index contributed by atoms with van der Waals surface area (Å²) in [4.78, 5) is 10.9. The van der Waals surface area contributed by atoms with Crippen LogP contribution in [0, 0.1) is 0 Å². The van der Waals surface area contributed by atoms with Crippen molar-refractivity contribution in [3.8, 4) is 0 Å². The fraction of sp³-hybridized carbons (Fsp3) is 0.286. The second-order valence-corrected chi connectivity index (χ2v) is 2.51. The number of carbonyl (C=O) groups is 1. The number of methoxy groups -OCH3 is 1. The Morgan fingerprint density at radius 2 is 2.46 bits per heavy atom. The lowest BCUT2D eigenvalue weighted by Crippen LogP contribution is -2.18. The molecule has 0 radical (unpaired) electrons. The van der Waals surface area contributed by atoms with E-state index in [2.05, 4.69) is 9.96 Å². The molecule has 0 saturated carbocycles. The zero-order chi connectivity index (χ0) is 9.84. The molecule has 0 fully saturated rings. The van der Waals surface area contributed by atoms with Crippen molar-refractivity contribution in [2.24, 2.45) is 0 Å². The van der Waals surface area contributed by atoms with Gasteiger partial charge >= 0.3 is 13.0 Å². The number of carbonyl (C=O) groups excluding carboxylic acids is 1. The summed E-state index contributed by atoms with van der Waals surface area (Å²) in [5.41, 5.74) is 0.537. The molecule has 1 aromatic rings. The van der Waals surface area contributed by atoms with Gasteiger partial charge in [0.05, 0.1) is 12.8 Å². The molecule has 0 amide bonds. The van der Waals surface area contributed by atoms with Crippen molar-refractivity contribution >= 4 is 18.7 Å². The molecule has 0 aliphatic heterocycles. The van der Waals surface area contributed by atoms with Gasteiger partial charge in [0.1, 0.15) is 6.26 Å².